The fourth-order valence-corrected chi connectivity index (χ4v) is 2.28. The number of aliphatic hydroxyl groups is 4. The molecule has 4 atom stereocenters. The van der Waals surface area contributed by atoms with E-state index in [-0.39, 0.29) is 29.9 Å². The van der Waals surface area contributed by atoms with Crippen LogP contribution in [0.1, 0.15) is 50.0 Å². The van der Waals surface area contributed by atoms with Crippen molar-refractivity contribution in [3.63, 3.8) is 0 Å². The zero-order chi connectivity index (χ0) is 16.5. The number of aliphatic hydroxyl groups excluding tert-OH is 4. The molecule has 0 aliphatic carbocycles. The van der Waals surface area contributed by atoms with Gasteiger partial charge < -0.3 is 20.4 Å². The molecule has 2 rings (SSSR count). The maximum absolute atomic E-state index is 9.91. The molecular formula is C18H26FeO4. The van der Waals surface area contributed by atoms with Gasteiger partial charge in [-0.15, -0.1) is 11.1 Å². The molecule has 4 N–H and O–H groups in total. The Morgan fingerprint density at radius 1 is 0.957 bits per heavy atom. The predicted octanol–water partition coefficient (Wildman–Crippen LogP) is 2.42. The Balaban J connectivity index is 0.000000684. The second-order valence-electron chi connectivity index (χ2n) is 5.60. The summed E-state index contributed by atoms with van der Waals surface area (Å²) in [5.41, 5.74) is 1.25. The van der Waals surface area contributed by atoms with Crippen molar-refractivity contribution in [2.45, 2.75) is 51.1 Å². The fraction of sp³-hybridized carbons (Fsp3) is 0.444. The first-order valence-corrected chi connectivity index (χ1v) is 7.56. The number of hydrogen-bond donors (Lipinski definition) is 4. The van der Waals surface area contributed by atoms with Gasteiger partial charge in [0.2, 0.25) is 0 Å². The van der Waals surface area contributed by atoms with Gasteiger partial charge in [-0.1, -0.05) is 0 Å². The average molecular weight is 362 g/mol. The standard InChI is InChI=1S/C13H21O4.C5H5.Fe/c1-8(14)6-12(16)10-4-3-5-11(10)13(17)7-9(2)15;1-2-4-5-3-1;/h3-5,8-9,12-17H,6-7H2,1-2H3;1-5H;/q2*-1;+2. The van der Waals surface area contributed by atoms with E-state index in [1.165, 1.54) is 0 Å². The third kappa shape index (κ3) is 8.47. The molecule has 0 saturated carbocycles. The third-order valence-corrected chi connectivity index (χ3v) is 3.29. The van der Waals surface area contributed by atoms with Gasteiger partial charge in [0.1, 0.15) is 0 Å². The maximum atomic E-state index is 9.91. The molecule has 2 aromatic carbocycles. The Hall–Kier alpha value is -0.941. The van der Waals surface area contributed by atoms with E-state index in [9.17, 15) is 20.4 Å². The van der Waals surface area contributed by atoms with Crippen molar-refractivity contribution >= 4 is 0 Å². The Labute approximate surface area is 148 Å². The summed E-state index contributed by atoms with van der Waals surface area (Å²) in [5.74, 6) is 0. The van der Waals surface area contributed by atoms with Gasteiger partial charge in [0.15, 0.2) is 0 Å². The van der Waals surface area contributed by atoms with Crippen LogP contribution in [0.3, 0.4) is 0 Å². The van der Waals surface area contributed by atoms with Gasteiger partial charge in [0.25, 0.3) is 0 Å². The summed E-state index contributed by atoms with van der Waals surface area (Å²) >= 11 is 0. The van der Waals surface area contributed by atoms with E-state index >= 15 is 0 Å². The molecule has 0 amide bonds. The van der Waals surface area contributed by atoms with Gasteiger partial charge in [-0.3, -0.25) is 0 Å². The van der Waals surface area contributed by atoms with Crippen LogP contribution >= 0.6 is 0 Å². The number of hydrogen-bond acceptors (Lipinski definition) is 4. The number of rotatable bonds is 6. The predicted molar refractivity (Wildman–Crippen MR) is 86.6 cm³/mol. The van der Waals surface area contributed by atoms with Gasteiger partial charge >= 0.3 is 17.1 Å². The molecule has 5 heteroatoms. The van der Waals surface area contributed by atoms with Crippen molar-refractivity contribution in [3.05, 3.63) is 59.7 Å². The molecule has 4 unspecified atom stereocenters. The summed E-state index contributed by atoms with van der Waals surface area (Å²) in [5, 5.41) is 38.3. The molecule has 130 valence electrons. The van der Waals surface area contributed by atoms with Crippen LogP contribution in [0.25, 0.3) is 0 Å². The summed E-state index contributed by atoms with van der Waals surface area (Å²) in [6.07, 6.45) is -2.30. The van der Waals surface area contributed by atoms with E-state index in [1.807, 2.05) is 30.3 Å². The van der Waals surface area contributed by atoms with E-state index in [0.717, 1.165) is 0 Å². The van der Waals surface area contributed by atoms with Crippen molar-refractivity contribution in [1.82, 2.24) is 0 Å². The average Bonchev–Trinajstić information content (AvgIpc) is 3.12. The summed E-state index contributed by atoms with van der Waals surface area (Å²) in [6.45, 7) is 3.22. The van der Waals surface area contributed by atoms with Crippen LogP contribution in [0.15, 0.2) is 48.5 Å². The van der Waals surface area contributed by atoms with Crippen molar-refractivity contribution in [2.75, 3.05) is 0 Å². The van der Waals surface area contributed by atoms with E-state index in [1.54, 1.807) is 32.0 Å². The van der Waals surface area contributed by atoms with Crippen LogP contribution in [0.2, 0.25) is 0 Å². The van der Waals surface area contributed by atoms with E-state index < -0.39 is 24.4 Å². The third-order valence-electron chi connectivity index (χ3n) is 3.29. The van der Waals surface area contributed by atoms with Crippen molar-refractivity contribution in [2.24, 2.45) is 0 Å². The molecule has 0 aromatic heterocycles. The smallest absolute Gasteiger partial charge is 0.401 e. The molecule has 23 heavy (non-hydrogen) atoms. The second-order valence-corrected chi connectivity index (χ2v) is 5.60. The van der Waals surface area contributed by atoms with Crippen molar-refractivity contribution in [1.29, 1.82) is 0 Å². The first-order chi connectivity index (χ1) is 10.4. The first-order valence-electron chi connectivity index (χ1n) is 7.56. The molecule has 0 spiro atoms. The van der Waals surface area contributed by atoms with Gasteiger partial charge in [0, 0.05) is 12.5 Å². The summed E-state index contributed by atoms with van der Waals surface area (Å²) in [4.78, 5) is 0. The molecule has 0 aliphatic heterocycles. The van der Waals surface area contributed by atoms with E-state index in [4.69, 9.17) is 0 Å². The van der Waals surface area contributed by atoms with Gasteiger partial charge in [0.05, 0.1) is 18.3 Å². The van der Waals surface area contributed by atoms with Crippen LogP contribution in [0.4, 0.5) is 0 Å². The molecule has 0 fully saturated rings. The minimum Gasteiger partial charge on any atom is -0.401 e. The fourth-order valence-electron chi connectivity index (χ4n) is 2.28. The van der Waals surface area contributed by atoms with Gasteiger partial charge in [-0.2, -0.15) is 24.3 Å². The molecule has 0 saturated heterocycles. The monoisotopic (exact) mass is 362 g/mol. The van der Waals surface area contributed by atoms with Gasteiger partial charge in [-0.05, 0) is 20.3 Å². The molecule has 0 bridgehead atoms. The summed E-state index contributed by atoms with van der Waals surface area (Å²) < 4.78 is 0. The summed E-state index contributed by atoms with van der Waals surface area (Å²) in [7, 11) is 0. The minimum absolute atomic E-state index is 0. The first kappa shape index (κ1) is 22.1. The Morgan fingerprint density at radius 2 is 1.52 bits per heavy atom. The SMILES string of the molecule is CC(O)CC(O)c1ccc[c-]1C(O)CC(C)O.[Fe+2].c1cc[cH-]c1. The zero-order valence-electron chi connectivity index (χ0n) is 13.5. The van der Waals surface area contributed by atoms with Crippen molar-refractivity contribution < 1.29 is 37.5 Å². The Bertz CT molecular complexity index is 443. The van der Waals surface area contributed by atoms with Crippen LogP contribution in [0, 0.1) is 0 Å². The normalized spacial score (nSPS) is 15.6. The van der Waals surface area contributed by atoms with Gasteiger partial charge in [-0.25, -0.2) is 24.3 Å². The van der Waals surface area contributed by atoms with Crippen LogP contribution < -0.4 is 0 Å². The largest absolute Gasteiger partial charge is 2.00 e. The van der Waals surface area contributed by atoms with E-state index in [0.29, 0.717) is 11.1 Å². The Morgan fingerprint density at radius 3 is 1.96 bits per heavy atom. The zero-order valence-corrected chi connectivity index (χ0v) is 14.6. The molecule has 2 aromatic rings. The Kier molecular flexibility index (Phi) is 11.1. The van der Waals surface area contributed by atoms with Crippen molar-refractivity contribution in [3.8, 4) is 0 Å². The second kappa shape index (κ2) is 11.6. The minimum atomic E-state index is -0.788. The molecular weight excluding hydrogens is 336 g/mol. The maximum Gasteiger partial charge on any atom is 2.00 e. The van der Waals surface area contributed by atoms with Crippen LogP contribution in [-0.2, 0) is 17.1 Å². The molecule has 0 heterocycles. The van der Waals surface area contributed by atoms with Crippen LogP contribution in [0.5, 0.6) is 0 Å². The topological polar surface area (TPSA) is 80.9 Å². The summed E-state index contributed by atoms with van der Waals surface area (Å²) in [6, 6.07) is 15.2. The van der Waals surface area contributed by atoms with Crippen LogP contribution in [-0.4, -0.2) is 32.6 Å². The molecule has 0 aliphatic rings. The molecule has 0 radical (unpaired) electrons. The van der Waals surface area contributed by atoms with E-state index in [2.05, 4.69) is 0 Å². The quantitative estimate of drug-likeness (QED) is 0.470. The molecule has 4 nitrogen and oxygen atoms in total.